The lowest BCUT2D eigenvalue weighted by molar-refractivity contribution is -0.141. The minimum Gasteiger partial charge on any atom is -0.467 e. The molecule has 0 saturated heterocycles. The number of hydrogen-bond acceptors (Lipinski definition) is 3. The van der Waals surface area contributed by atoms with Gasteiger partial charge in [-0.25, -0.2) is 13.6 Å². The average molecular weight is 229 g/mol. The molecule has 1 aromatic rings. The number of esters is 1. The second-order valence-corrected chi connectivity index (χ2v) is 3.29. The van der Waals surface area contributed by atoms with Crippen LogP contribution in [0.2, 0.25) is 0 Å². The van der Waals surface area contributed by atoms with Crippen molar-refractivity contribution in [3.05, 3.63) is 29.8 Å². The predicted molar refractivity (Wildman–Crippen MR) is 56.1 cm³/mol. The lowest BCUT2D eigenvalue weighted by Crippen LogP contribution is -2.29. The summed E-state index contributed by atoms with van der Waals surface area (Å²) in [6, 6.07) is 2.40. The first-order valence-corrected chi connectivity index (χ1v) is 4.87. The summed E-state index contributed by atoms with van der Waals surface area (Å²) in [6.07, 6.45) is 0.463. The van der Waals surface area contributed by atoms with Gasteiger partial charge in [0, 0.05) is 11.8 Å². The van der Waals surface area contributed by atoms with Crippen molar-refractivity contribution in [2.75, 3.05) is 12.4 Å². The standard InChI is InChI=1S/C11H13F2NO2/c1-3-10(11(15)16-2)14-9-5-7(12)4-8(13)6-9/h4-6,10,14H,3H2,1-2H3. The van der Waals surface area contributed by atoms with Gasteiger partial charge < -0.3 is 10.1 Å². The number of carbonyl (C=O) groups is 1. The minimum absolute atomic E-state index is 0.217. The molecule has 88 valence electrons. The molecular formula is C11H13F2NO2. The van der Waals surface area contributed by atoms with Crippen LogP contribution in [-0.4, -0.2) is 19.1 Å². The van der Waals surface area contributed by atoms with E-state index in [1.807, 2.05) is 0 Å². The fourth-order valence-corrected chi connectivity index (χ4v) is 1.31. The van der Waals surface area contributed by atoms with Gasteiger partial charge in [0.2, 0.25) is 0 Å². The molecule has 16 heavy (non-hydrogen) atoms. The van der Waals surface area contributed by atoms with Gasteiger partial charge in [0.1, 0.15) is 17.7 Å². The summed E-state index contributed by atoms with van der Waals surface area (Å²) in [7, 11) is 1.26. The number of benzene rings is 1. The van der Waals surface area contributed by atoms with Crippen molar-refractivity contribution in [1.29, 1.82) is 0 Å². The van der Waals surface area contributed by atoms with Crippen LogP contribution in [0.4, 0.5) is 14.5 Å². The largest absolute Gasteiger partial charge is 0.467 e. The molecular weight excluding hydrogens is 216 g/mol. The fraction of sp³-hybridized carbons (Fsp3) is 0.364. The Labute approximate surface area is 92.4 Å². The maximum atomic E-state index is 12.9. The monoisotopic (exact) mass is 229 g/mol. The molecule has 0 aliphatic heterocycles. The van der Waals surface area contributed by atoms with Crippen molar-refractivity contribution in [1.82, 2.24) is 0 Å². The lowest BCUT2D eigenvalue weighted by atomic mass is 10.2. The summed E-state index contributed by atoms with van der Waals surface area (Å²) >= 11 is 0. The first-order chi connectivity index (χ1) is 7.56. The quantitative estimate of drug-likeness (QED) is 0.805. The maximum Gasteiger partial charge on any atom is 0.328 e. The molecule has 0 heterocycles. The highest BCUT2D eigenvalue weighted by Gasteiger charge is 2.16. The summed E-state index contributed by atoms with van der Waals surface area (Å²) < 4.78 is 30.3. The molecule has 0 radical (unpaired) electrons. The van der Waals surface area contributed by atoms with E-state index < -0.39 is 23.6 Å². The Kier molecular flexibility index (Phi) is 4.22. The summed E-state index contributed by atoms with van der Waals surface area (Å²) in [5.74, 6) is -1.85. The van der Waals surface area contributed by atoms with Crippen LogP contribution < -0.4 is 5.32 Å². The van der Waals surface area contributed by atoms with Gasteiger partial charge in [-0.05, 0) is 18.6 Å². The molecule has 1 aromatic carbocycles. The third-order valence-electron chi connectivity index (χ3n) is 2.10. The van der Waals surface area contributed by atoms with E-state index in [0.29, 0.717) is 6.42 Å². The molecule has 1 atom stereocenters. The molecule has 1 unspecified atom stereocenters. The van der Waals surface area contributed by atoms with Crippen LogP contribution in [0.5, 0.6) is 0 Å². The van der Waals surface area contributed by atoms with Crippen LogP contribution in [0.3, 0.4) is 0 Å². The number of methoxy groups -OCH3 is 1. The molecule has 5 heteroatoms. The Morgan fingerprint density at radius 1 is 1.38 bits per heavy atom. The molecule has 0 amide bonds. The predicted octanol–water partition coefficient (Wildman–Crippen LogP) is 2.33. The molecule has 0 aliphatic carbocycles. The maximum absolute atomic E-state index is 12.9. The Balaban J connectivity index is 2.81. The molecule has 1 N–H and O–H groups in total. The first kappa shape index (κ1) is 12.4. The topological polar surface area (TPSA) is 38.3 Å². The Bertz CT molecular complexity index is 362. The van der Waals surface area contributed by atoms with Gasteiger partial charge in [0.05, 0.1) is 7.11 Å². The number of anilines is 1. The van der Waals surface area contributed by atoms with Crippen LogP contribution >= 0.6 is 0 Å². The number of hydrogen-bond donors (Lipinski definition) is 1. The van der Waals surface area contributed by atoms with Gasteiger partial charge in [-0.1, -0.05) is 6.92 Å². The van der Waals surface area contributed by atoms with Crippen molar-refractivity contribution in [3.8, 4) is 0 Å². The molecule has 3 nitrogen and oxygen atoms in total. The number of halogens is 2. The van der Waals surface area contributed by atoms with Crippen LogP contribution in [0.15, 0.2) is 18.2 Å². The number of rotatable bonds is 4. The van der Waals surface area contributed by atoms with E-state index in [9.17, 15) is 13.6 Å². The summed E-state index contributed by atoms with van der Waals surface area (Å²) in [5.41, 5.74) is 0.217. The molecule has 0 aliphatic rings. The highest BCUT2D eigenvalue weighted by molar-refractivity contribution is 5.79. The molecule has 0 aromatic heterocycles. The van der Waals surface area contributed by atoms with E-state index in [2.05, 4.69) is 10.1 Å². The van der Waals surface area contributed by atoms with Crippen molar-refractivity contribution in [3.63, 3.8) is 0 Å². The van der Waals surface area contributed by atoms with Gasteiger partial charge in [-0.3, -0.25) is 0 Å². The summed E-state index contributed by atoms with van der Waals surface area (Å²) in [5, 5.41) is 2.71. The SMILES string of the molecule is CCC(Nc1cc(F)cc(F)c1)C(=O)OC. The van der Waals surface area contributed by atoms with Gasteiger partial charge in [0.15, 0.2) is 0 Å². The Morgan fingerprint density at radius 2 is 1.94 bits per heavy atom. The van der Waals surface area contributed by atoms with Crippen LogP contribution in [-0.2, 0) is 9.53 Å². The second-order valence-electron chi connectivity index (χ2n) is 3.29. The van der Waals surface area contributed by atoms with Crippen molar-refractivity contribution >= 4 is 11.7 Å². The molecule has 1 rings (SSSR count). The Morgan fingerprint density at radius 3 is 2.38 bits per heavy atom. The number of ether oxygens (including phenoxy) is 1. The van der Waals surface area contributed by atoms with Crippen molar-refractivity contribution in [2.24, 2.45) is 0 Å². The second kappa shape index (κ2) is 5.44. The van der Waals surface area contributed by atoms with Crippen molar-refractivity contribution < 1.29 is 18.3 Å². The average Bonchev–Trinajstić information content (AvgIpc) is 2.23. The van der Waals surface area contributed by atoms with Crippen molar-refractivity contribution in [2.45, 2.75) is 19.4 Å². The fourth-order valence-electron chi connectivity index (χ4n) is 1.31. The molecule has 0 saturated carbocycles. The van der Waals surface area contributed by atoms with E-state index in [1.54, 1.807) is 6.92 Å². The number of carbonyl (C=O) groups excluding carboxylic acids is 1. The summed E-state index contributed by atoms with van der Waals surface area (Å²) in [4.78, 5) is 11.2. The zero-order valence-corrected chi connectivity index (χ0v) is 9.09. The van der Waals surface area contributed by atoms with E-state index in [-0.39, 0.29) is 5.69 Å². The zero-order valence-electron chi connectivity index (χ0n) is 9.09. The molecule has 0 fully saturated rings. The highest BCUT2D eigenvalue weighted by Crippen LogP contribution is 2.15. The van der Waals surface area contributed by atoms with Gasteiger partial charge in [0.25, 0.3) is 0 Å². The van der Waals surface area contributed by atoms with E-state index in [0.717, 1.165) is 18.2 Å². The van der Waals surface area contributed by atoms with E-state index in [4.69, 9.17) is 0 Å². The Hall–Kier alpha value is -1.65. The zero-order chi connectivity index (χ0) is 12.1. The van der Waals surface area contributed by atoms with Crippen LogP contribution in [0.25, 0.3) is 0 Å². The minimum atomic E-state index is -0.692. The lowest BCUT2D eigenvalue weighted by Gasteiger charge is -2.15. The van der Waals surface area contributed by atoms with Gasteiger partial charge in [-0.2, -0.15) is 0 Å². The third-order valence-corrected chi connectivity index (χ3v) is 2.10. The van der Waals surface area contributed by atoms with E-state index >= 15 is 0 Å². The highest BCUT2D eigenvalue weighted by atomic mass is 19.1. The number of nitrogens with one attached hydrogen (secondary N) is 1. The third kappa shape index (κ3) is 3.18. The molecule has 0 bridgehead atoms. The van der Waals surface area contributed by atoms with Crippen LogP contribution in [0, 0.1) is 11.6 Å². The molecule has 0 spiro atoms. The van der Waals surface area contributed by atoms with E-state index in [1.165, 1.54) is 7.11 Å². The normalized spacial score (nSPS) is 12.0. The van der Waals surface area contributed by atoms with Gasteiger partial charge >= 0.3 is 5.97 Å². The van der Waals surface area contributed by atoms with Crippen LogP contribution in [0.1, 0.15) is 13.3 Å². The van der Waals surface area contributed by atoms with Gasteiger partial charge in [-0.15, -0.1) is 0 Å². The smallest absolute Gasteiger partial charge is 0.328 e. The first-order valence-electron chi connectivity index (χ1n) is 4.87. The summed E-state index contributed by atoms with van der Waals surface area (Å²) in [6.45, 7) is 1.77.